The Labute approximate surface area is 117 Å². The monoisotopic (exact) mass is 279 g/mol. The summed E-state index contributed by atoms with van der Waals surface area (Å²) < 4.78 is 12.8. The van der Waals surface area contributed by atoms with Gasteiger partial charge in [-0.3, -0.25) is 9.59 Å². The van der Waals surface area contributed by atoms with Gasteiger partial charge in [0.2, 0.25) is 5.91 Å². The first-order chi connectivity index (χ1) is 9.56. The van der Waals surface area contributed by atoms with Crippen molar-refractivity contribution >= 4 is 11.9 Å². The van der Waals surface area contributed by atoms with Crippen LogP contribution in [0.2, 0.25) is 0 Å². The highest BCUT2D eigenvalue weighted by atomic mass is 19.1. The molecule has 1 atom stereocenters. The Bertz CT molecular complexity index is 486. The SMILES string of the molecule is O=C(O)CC1CCCN1C(=O)CCc1ccc(F)cc1. The van der Waals surface area contributed by atoms with Gasteiger partial charge in [0.05, 0.1) is 6.42 Å². The molecule has 1 saturated heterocycles. The maximum Gasteiger partial charge on any atom is 0.305 e. The normalized spacial score (nSPS) is 18.2. The summed E-state index contributed by atoms with van der Waals surface area (Å²) in [6.45, 7) is 0.639. The van der Waals surface area contributed by atoms with E-state index in [1.54, 1.807) is 17.0 Å². The summed E-state index contributed by atoms with van der Waals surface area (Å²) in [5.41, 5.74) is 0.911. The number of aliphatic carboxylic acids is 1. The molecule has 0 saturated carbocycles. The zero-order valence-corrected chi connectivity index (χ0v) is 11.2. The predicted octanol–water partition coefficient (Wildman–Crippen LogP) is 2.22. The molecule has 1 aromatic rings. The summed E-state index contributed by atoms with van der Waals surface area (Å²) >= 11 is 0. The molecule has 1 aromatic carbocycles. The number of hydrogen-bond acceptors (Lipinski definition) is 2. The number of benzene rings is 1. The van der Waals surface area contributed by atoms with Gasteiger partial charge in [-0.25, -0.2) is 4.39 Å². The number of amides is 1. The van der Waals surface area contributed by atoms with E-state index in [0.717, 1.165) is 18.4 Å². The minimum absolute atomic E-state index is 0.0157. The molecule has 108 valence electrons. The first kappa shape index (κ1) is 14.5. The molecule has 0 radical (unpaired) electrons. The molecule has 1 aliphatic heterocycles. The maximum atomic E-state index is 12.8. The van der Waals surface area contributed by atoms with Crippen molar-refractivity contribution in [2.75, 3.05) is 6.54 Å². The van der Waals surface area contributed by atoms with Crippen LogP contribution >= 0.6 is 0 Å². The van der Waals surface area contributed by atoms with Crippen LogP contribution < -0.4 is 0 Å². The van der Waals surface area contributed by atoms with Crippen LogP contribution in [-0.4, -0.2) is 34.5 Å². The summed E-state index contributed by atoms with van der Waals surface area (Å²) in [6, 6.07) is 5.92. The summed E-state index contributed by atoms with van der Waals surface area (Å²) in [4.78, 5) is 24.6. The smallest absolute Gasteiger partial charge is 0.305 e. The molecule has 0 aliphatic carbocycles. The second-order valence-corrected chi connectivity index (χ2v) is 5.11. The third-order valence-corrected chi connectivity index (χ3v) is 3.65. The minimum atomic E-state index is -0.867. The topological polar surface area (TPSA) is 57.6 Å². The molecule has 4 nitrogen and oxygen atoms in total. The molecule has 0 spiro atoms. The zero-order valence-electron chi connectivity index (χ0n) is 11.2. The van der Waals surface area contributed by atoms with Crippen molar-refractivity contribution in [3.05, 3.63) is 35.6 Å². The highest BCUT2D eigenvalue weighted by molar-refractivity contribution is 5.78. The number of nitrogens with zero attached hydrogens (tertiary/aromatic N) is 1. The average molecular weight is 279 g/mol. The second-order valence-electron chi connectivity index (χ2n) is 5.11. The van der Waals surface area contributed by atoms with Crippen molar-refractivity contribution in [2.24, 2.45) is 0 Å². The highest BCUT2D eigenvalue weighted by Crippen LogP contribution is 2.21. The van der Waals surface area contributed by atoms with E-state index in [-0.39, 0.29) is 24.2 Å². The van der Waals surface area contributed by atoms with Crippen molar-refractivity contribution in [3.63, 3.8) is 0 Å². The molecule has 20 heavy (non-hydrogen) atoms. The Morgan fingerprint density at radius 3 is 2.65 bits per heavy atom. The first-order valence-electron chi connectivity index (χ1n) is 6.82. The standard InChI is InChI=1S/C15H18FNO3/c16-12-6-3-11(4-7-12)5-8-14(18)17-9-1-2-13(17)10-15(19)20/h3-4,6-7,13H,1-2,5,8-10H2,(H,19,20). The average Bonchev–Trinajstić information content (AvgIpc) is 2.85. The van der Waals surface area contributed by atoms with E-state index in [4.69, 9.17) is 5.11 Å². The third kappa shape index (κ3) is 3.79. The number of likely N-dealkylation sites (tertiary alicyclic amines) is 1. The lowest BCUT2D eigenvalue weighted by molar-refractivity contribution is -0.139. The number of carbonyl (C=O) groups excluding carboxylic acids is 1. The van der Waals surface area contributed by atoms with Gasteiger partial charge >= 0.3 is 5.97 Å². The predicted molar refractivity (Wildman–Crippen MR) is 71.7 cm³/mol. The number of aryl methyl sites for hydroxylation is 1. The van der Waals surface area contributed by atoms with Crippen LogP contribution in [0.1, 0.15) is 31.2 Å². The fourth-order valence-corrected chi connectivity index (χ4v) is 2.62. The van der Waals surface area contributed by atoms with Crippen LogP contribution in [0.3, 0.4) is 0 Å². The Hall–Kier alpha value is -1.91. The third-order valence-electron chi connectivity index (χ3n) is 3.65. The van der Waals surface area contributed by atoms with E-state index < -0.39 is 5.97 Å². The van der Waals surface area contributed by atoms with Crippen LogP contribution in [0.25, 0.3) is 0 Å². The number of rotatable bonds is 5. The van der Waals surface area contributed by atoms with Crippen LogP contribution in [0.5, 0.6) is 0 Å². The van der Waals surface area contributed by atoms with Gasteiger partial charge in [0.1, 0.15) is 5.82 Å². The lowest BCUT2D eigenvalue weighted by Crippen LogP contribution is -2.36. The first-order valence-corrected chi connectivity index (χ1v) is 6.82. The van der Waals surface area contributed by atoms with Gasteiger partial charge in [-0.15, -0.1) is 0 Å². The van der Waals surface area contributed by atoms with Crippen LogP contribution in [0.4, 0.5) is 4.39 Å². The van der Waals surface area contributed by atoms with Crippen molar-refractivity contribution in [1.29, 1.82) is 0 Å². The quantitative estimate of drug-likeness (QED) is 0.899. The molecule has 1 amide bonds. The number of carboxylic acid groups (broad SMARTS) is 1. The number of halogens is 1. The summed E-state index contributed by atoms with van der Waals surface area (Å²) in [5, 5.41) is 8.83. The molecule has 1 fully saturated rings. The largest absolute Gasteiger partial charge is 0.481 e. The van der Waals surface area contributed by atoms with Gasteiger partial charge < -0.3 is 10.0 Å². The molecule has 0 aromatic heterocycles. The van der Waals surface area contributed by atoms with E-state index in [0.29, 0.717) is 19.4 Å². The van der Waals surface area contributed by atoms with Crippen molar-refractivity contribution in [3.8, 4) is 0 Å². The van der Waals surface area contributed by atoms with Gasteiger partial charge in [0.15, 0.2) is 0 Å². The minimum Gasteiger partial charge on any atom is -0.481 e. The lowest BCUT2D eigenvalue weighted by Gasteiger charge is -2.23. The molecule has 1 heterocycles. The Morgan fingerprint density at radius 1 is 1.30 bits per heavy atom. The Balaban J connectivity index is 1.87. The molecule has 0 bridgehead atoms. The molecule has 1 unspecified atom stereocenters. The summed E-state index contributed by atoms with van der Waals surface area (Å²) in [6.07, 6.45) is 2.52. The summed E-state index contributed by atoms with van der Waals surface area (Å²) in [5.74, 6) is -1.17. The molecule has 5 heteroatoms. The van der Waals surface area contributed by atoms with Crippen molar-refractivity contribution in [1.82, 2.24) is 4.90 Å². The fraction of sp³-hybridized carbons (Fsp3) is 0.467. The molecule has 2 rings (SSSR count). The van der Waals surface area contributed by atoms with Gasteiger partial charge in [0.25, 0.3) is 0 Å². The summed E-state index contributed by atoms with van der Waals surface area (Å²) in [7, 11) is 0. The second kappa shape index (κ2) is 6.50. The van der Waals surface area contributed by atoms with Gasteiger partial charge in [-0.1, -0.05) is 12.1 Å². The van der Waals surface area contributed by atoms with Gasteiger partial charge in [-0.05, 0) is 37.0 Å². The molecular weight excluding hydrogens is 261 g/mol. The molecule has 1 N–H and O–H groups in total. The van der Waals surface area contributed by atoms with E-state index >= 15 is 0 Å². The Morgan fingerprint density at radius 2 is 2.00 bits per heavy atom. The van der Waals surface area contributed by atoms with E-state index in [9.17, 15) is 14.0 Å². The zero-order chi connectivity index (χ0) is 14.5. The van der Waals surface area contributed by atoms with Crippen molar-refractivity contribution < 1.29 is 19.1 Å². The lowest BCUT2D eigenvalue weighted by atomic mass is 10.1. The fourth-order valence-electron chi connectivity index (χ4n) is 2.62. The highest BCUT2D eigenvalue weighted by Gasteiger charge is 2.29. The number of carbonyl (C=O) groups is 2. The van der Waals surface area contributed by atoms with Crippen molar-refractivity contribution in [2.45, 2.75) is 38.1 Å². The number of carboxylic acids is 1. The molecule has 1 aliphatic rings. The van der Waals surface area contributed by atoms with Gasteiger partial charge in [0, 0.05) is 19.0 Å². The van der Waals surface area contributed by atoms with E-state index in [2.05, 4.69) is 0 Å². The van der Waals surface area contributed by atoms with Crippen LogP contribution in [0, 0.1) is 5.82 Å². The van der Waals surface area contributed by atoms with E-state index in [1.807, 2.05) is 0 Å². The van der Waals surface area contributed by atoms with E-state index in [1.165, 1.54) is 12.1 Å². The van der Waals surface area contributed by atoms with Gasteiger partial charge in [-0.2, -0.15) is 0 Å². The van der Waals surface area contributed by atoms with Crippen LogP contribution in [0.15, 0.2) is 24.3 Å². The van der Waals surface area contributed by atoms with Crippen LogP contribution in [-0.2, 0) is 16.0 Å². The number of hydrogen-bond donors (Lipinski definition) is 1. The maximum absolute atomic E-state index is 12.8. The Kier molecular flexibility index (Phi) is 4.71. The molecular formula is C15H18FNO3.